The molecule has 6 nitrogen and oxygen atoms in total. The van der Waals surface area contributed by atoms with Gasteiger partial charge in [0.1, 0.15) is 5.60 Å². The zero-order valence-corrected chi connectivity index (χ0v) is 15.0. The highest BCUT2D eigenvalue weighted by Gasteiger charge is 2.38. The molecule has 0 unspecified atom stereocenters. The summed E-state index contributed by atoms with van der Waals surface area (Å²) in [5, 5.41) is 0. The Morgan fingerprint density at radius 3 is 2.46 bits per heavy atom. The Labute approximate surface area is 143 Å². The summed E-state index contributed by atoms with van der Waals surface area (Å²) in [7, 11) is 0. The van der Waals surface area contributed by atoms with E-state index in [4.69, 9.17) is 4.74 Å². The lowest BCUT2D eigenvalue weighted by Crippen LogP contribution is -2.62. The molecule has 1 aliphatic rings. The van der Waals surface area contributed by atoms with Crippen molar-refractivity contribution in [3.05, 3.63) is 30.1 Å². The van der Waals surface area contributed by atoms with E-state index in [9.17, 15) is 9.59 Å². The minimum Gasteiger partial charge on any atom is -0.444 e. The van der Waals surface area contributed by atoms with Crippen molar-refractivity contribution in [2.24, 2.45) is 0 Å². The second-order valence-electron chi connectivity index (χ2n) is 7.07. The van der Waals surface area contributed by atoms with Crippen LogP contribution in [0.4, 0.5) is 4.79 Å². The van der Waals surface area contributed by atoms with Crippen molar-refractivity contribution in [2.45, 2.75) is 52.2 Å². The smallest absolute Gasteiger partial charge is 0.410 e. The first-order valence-electron chi connectivity index (χ1n) is 8.46. The van der Waals surface area contributed by atoms with Gasteiger partial charge in [0.25, 0.3) is 0 Å². The van der Waals surface area contributed by atoms with Gasteiger partial charge in [0.2, 0.25) is 5.91 Å². The summed E-state index contributed by atoms with van der Waals surface area (Å²) in [6, 6.07) is 3.95. The van der Waals surface area contributed by atoms with E-state index in [0.29, 0.717) is 32.5 Å². The molecule has 0 saturated carbocycles. The average Bonchev–Trinajstić information content (AvgIpc) is 2.47. The van der Waals surface area contributed by atoms with E-state index in [1.165, 1.54) is 0 Å². The fraction of sp³-hybridized carbons (Fsp3) is 0.611. The van der Waals surface area contributed by atoms with Gasteiger partial charge < -0.3 is 14.5 Å². The van der Waals surface area contributed by atoms with Crippen LogP contribution in [-0.2, 0) is 16.0 Å². The summed E-state index contributed by atoms with van der Waals surface area (Å²) in [4.78, 5) is 31.9. The van der Waals surface area contributed by atoms with Crippen molar-refractivity contribution in [2.75, 3.05) is 19.6 Å². The summed E-state index contributed by atoms with van der Waals surface area (Å²) in [5.74, 6) is 0.128. The number of carbonyl (C=O) groups excluding carboxylic acids is 2. The Kier molecular flexibility index (Phi) is 5.80. The van der Waals surface area contributed by atoms with Gasteiger partial charge >= 0.3 is 6.09 Å². The van der Waals surface area contributed by atoms with Crippen LogP contribution in [0.2, 0.25) is 0 Å². The standard InChI is InChI=1S/C18H27N3O3/c1-5-21(16(22)7-6-14-8-10-19-11-9-14)15-12-20(13-15)17(23)24-18(2,3)4/h8-11,15H,5-7,12-13H2,1-4H3. The van der Waals surface area contributed by atoms with Crippen LogP contribution in [0.1, 0.15) is 39.7 Å². The first-order valence-corrected chi connectivity index (χ1v) is 8.46. The van der Waals surface area contributed by atoms with Crippen LogP contribution >= 0.6 is 0 Å². The number of nitrogens with zero attached hydrogens (tertiary/aromatic N) is 3. The number of carbonyl (C=O) groups is 2. The van der Waals surface area contributed by atoms with Gasteiger partial charge in [-0.1, -0.05) is 0 Å². The van der Waals surface area contributed by atoms with Crippen LogP contribution in [0.3, 0.4) is 0 Å². The minimum atomic E-state index is -0.493. The molecule has 0 radical (unpaired) electrons. The highest BCUT2D eigenvalue weighted by molar-refractivity contribution is 5.77. The van der Waals surface area contributed by atoms with Crippen LogP contribution in [0.25, 0.3) is 0 Å². The summed E-state index contributed by atoms with van der Waals surface area (Å²) >= 11 is 0. The van der Waals surface area contributed by atoms with E-state index in [1.54, 1.807) is 17.3 Å². The fourth-order valence-corrected chi connectivity index (χ4v) is 2.71. The van der Waals surface area contributed by atoms with Gasteiger partial charge in [-0.15, -0.1) is 0 Å². The van der Waals surface area contributed by atoms with Crippen LogP contribution in [0, 0.1) is 0 Å². The number of amides is 2. The monoisotopic (exact) mass is 333 g/mol. The Bertz CT molecular complexity index is 563. The Morgan fingerprint density at radius 1 is 1.29 bits per heavy atom. The van der Waals surface area contributed by atoms with Gasteiger partial charge in [-0.3, -0.25) is 9.78 Å². The molecule has 2 amide bonds. The van der Waals surface area contributed by atoms with E-state index in [2.05, 4.69) is 4.98 Å². The highest BCUT2D eigenvalue weighted by atomic mass is 16.6. The summed E-state index contributed by atoms with van der Waals surface area (Å²) in [6.45, 7) is 9.27. The number of ether oxygens (including phenoxy) is 1. The highest BCUT2D eigenvalue weighted by Crippen LogP contribution is 2.20. The third kappa shape index (κ3) is 4.94. The van der Waals surface area contributed by atoms with Crippen molar-refractivity contribution in [3.8, 4) is 0 Å². The molecule has 0 spiro atoms. The maximum absolute atomic E-state index is 12.5. The third-order valence-electron chi connectivity index (χ3n) is 3.99. The topological polar surface area (TPSA) is 62.7 Å². The van der Waals surface area contributed by atoms with Crippen molar-refractivity contribution in [3.63, 3.8) is 0 Å². The van der Waals surface area contributed by atoms with Gasteiger partial charge in [-0.05, 0) is 51.8 Å². The summed E-state index contributed by atoms with van der Waals surface area (Å²) < 4.78 is 5.35. The number of aryl methyl sites for hydroxylation is 1. The number of pyridine rings is 1. The maximum Gasteiger partial charge on any atom is 0.410 e. The SMILES string of the molecule is CCN(C(=O)CCc1ccncc1)C1CN(C(=O)OC(C)(C)C)C1. The molecule has 2 rings (SSSR count). The maximum atomic E-state index is 12.5. The summed E-state index contributed by atoms with van der Waals surface area (Å²) in [6.07, 6.45) is 4.35. The van der Waals surface area contributed by atoms with Crippen LogP contribution in [-0.4, -0.2) is 58.1 Å². The zero-order valence-electron chi connectivity index (χ0n) is 15.0. The number of rotatable bonds is 5. The normalized spacial score (nSPS) is 14.9. The first-order chi connectivity index (χ1) is 11.3. The quantitative estimate of drug-likeness (QED) is 0.830. The molecule has 1 aliphatic heterocycles. The van der Waals surface area contributed by atoms with Gasteiger partial charge in [0.15, 0.2) is 0 Å². The molecule has 0 aromatic carbocycles. The second-order valence-corrected chi connectivity index (χ2v) is 7.07. The van der Waals surface area contributed by atoms with Crippen LogP contribution in [0.5, 0.6) is 0 Å². The van der Waals surface area contributed by atoms with Crippen molar-refractivity contribution < 1.29 is 14.3 Å². The predicted molar refractivity (Wildman–Crippen MR) is 91.5 cm³/mol. The van der Waals surface area contributed by atoms with Gasteiger partial charge in [0.05, 0.1) is 6.04 Å². The fourth-order valence-electron chi connectivity index (χ4n) is 2.71. The van der Waals surface area contributed by atoms with Gasteiger partial charge in [-0.2, -0.15) is 0 Å². The lowest BCUT2D eigenvalue weighted by molar-refractivity contribution is -0.136. The predicted octanol–water partition coefficient (Wildman–Crippen LogP) is 2.48. The lowest BCUT2D eigenvalue weighted by atomic mass is 10.1. The molecule has 1 saturated heterocycles. The zero-order chi connectivity index (χ0) is 17.7. The van der Waals surface area contributed by atoms with E-state index >= 15 is 0 Å². The summed E-state index contributed by atoms with van der Waals surface area (Å²) in [5.41, 5.74) is 0.617. The van der Waals surface area contributed by atoms with E-state index in [0.717, 1.165) is 5.56 Å². The Hall–Kier alpha value is -2.11. The molecule has 24 heavy (non-hydrogen) atoms. The number of aromatic nitrogens is 1. The van der Waals surface area contributed by atoms with E-state index in [1.807, 2.05) is 44.7 Å². The molecule has 0 N–H and O–H groups in total. The van der Waals surface area contributed by atoms with Gasteiger partial charge in [-0.25, -0.2) is 4.79 Å². The average molecular weight is 333 g/mol. The number of hydrogen-bond acceptors (Lipinski definition) is 4. The molecular weight excluding hydrogens is 306 g/mol. The molecular formula is C18H27N3O3. The minimum absolute atomic E-state index is 0.0902. The molecule has 2 heterocycles. The lowest BCUT2D eigenvalue weighted by Gasteiger charge is -2.45. The Balaban J connectivity index is 1.80. The van der Waals surface area contributed by atoms with Crippen LogP contribution in [0.15, 0.2) is 24.5 Å². The van der Waals surface area contributed by atoms with Gasteiger partial charge in [0, 0.05) is 38.4 Å². The van der Waals surface area contributed by atoms with E-state index < -0.39 is 5.60 Å². The first kappa shape index (κ1) is 18.2. The molecule has 0 aliphatic carbocycles. The molecule has 6 heteroatoms. The molecule has 1 aromatic rings. The molecule has 1 fully saturated rings. The number of likely N-dealkylation sites (N-methyl/N-ethyl adjacent to an activating group) is 1. The molecule has 132 valence electrons. The van der Waals surface area contributed by atoms with Crippen molar-refractivity contribution in [1.82, 2.24) is 14.8 Å². The Morgan fingerprint density at radius 2 is 1.92 bits per heavy atom. The largest absolute Gasteiger partial charge is 0.444 e. The third-order valence-corrected chi connectivity index (χ3v) is 3.99. The molecule has 1 aromatic heterocycles. The van der Waals surface area contributed by atoms with Crippen molar-refractivity contribution in [1.29, 1.82) is 0 Å². The number of hydrogen-bond donors (Lipinski definition) is 0. The molecule has 0 bridgehead atoms. The second kappa shape index (κ2) is 7.64. The van der Waals surface area contributed by atoms with Crippen molar-refractivity contribution >= 4 is 12.0 Å². The number of likely N-dealkylation sites (tertiary alicyclic amines) is 1. The molecule has 0 atom stereocenters. The van der Waals surface area contributed by atoms with Crippen LogP contribution < -0.4 is 0 Å². The van der Waals surface area contributed by atoms with E-state index in [-0.39, 0.29) is 18.0 Å².